The summed E-state index contributed by atoms with van der Waals surface area (Å²) in [6, 6.07) is 7.82. The van der Waals surface area contributed by atoms with E-state index in [0.717, 1.165) is 43.3 Å². The van der Waals surface area contributed by atoms with Crippen LogP contribution in [0.5, 0.6) is 5.75 Å². The Balaban J connectivity index is 1.84. The van der Waals surface area contributed by atoms with E-state index in [0.29, 0.717) is 0 Å². The van der Waals surface area contributed by atoms with E-state index in [2.05, 4.69) is 29.3 Å². The number of hydrogen-bond donors (Lipinski definition) is 1. The number of hydrogen-bond acceptors (Lipinski definition) is 5. The Morgan fingerprint density at radius 1 is 1.25 bits per heavy atom. The molecule has 1 aliphatic rings. The highest BCUT2D eigenvalue weighted by atomic mass is 16.5. The van der Waals surface area contributed by atoms with Gasteiger partial charge in [0, 0.05) is 18.5 Å². The van der Waals surface area contributed by atoms with Gasteiger partial charge < -0.3 is 14.4 Å². The molecule has 0 fully saturated rings. The van der Waals surface area contributed by atoms with Crippen molar-refractivity contribution >= 4 is 5.90 Å². The van der Waals surface area contributed by atoms with E-state index >= 15 is 0 Å². The van der Waals surface area contributed by atoms with Gasteiger partial charge in [-0.15, -0.1) is 5.10 Å². The Labute approximate surface area is 120 Å². The topological polar surface area (TPSA) is 46.1 Å². The molecule has 0 aliphatic carbocycles. The van der Waals surface area contributed by atoms with Gasteiger partial charge in [-0.05, 0) is 37.4 Å². The fraction of sp³-hybridized carbons (Fsp3) is 0.533. The summed E-state index contributed by atoms with van der Waals surface area (Å²) in [5.41, 5.74) is 4.08. The first-order valence-corrected chi connectivity index (χ1v) is 7.11. The molecule has 0 spiro atoms. The first kappa shape index (κ1) is 14.7. The molecule has 20 heavy (non-hydrogen) atoms. The highest BCUT2D eigenvalue weighted by molar-refractivity contribution is 5.77. The second kappa shape index (κ2) is 7.14. The fourth-order valence-corrected chi connectivity index (χ4v) is 2.15. The maximum absolute atomic E-state index is 5.83. The molecule has 1 aromatic rings. The molecule has 1 atom stereocenters. The lowest BCUT2D eigenvalue weighted by Crippen LogP contribution is -2.25. The van der Waals surface area contributed by atoms with Gasteiger partial charge in [-0.2, -0.15) is 0 Å². The summed E-state index contributed by atoms with van der Waals surface area (Å²) < 4.78 is 11.0. The van der Waals surface area contributed by atoms with Crippen LogP contribution in [-0.4, -0.2) is 37.5 Å². The molecule has 1 unspecified atom stereocenters. The minimum atomic E-state index is -0.187. The van der Waals surface area contributed by atoms with Crippen LogP contribution in [0.1, 0.15) is 32.1 Å². The monoisotopic (exact) mass is 277 g/mol. The van der Waals surface area contributed by atoms with E-state index in [4.69, 9.17) is 9.47 Å². The summed E-state index contributed by atoms with van der Waals surface area (Å²) in [6.07, 6.45) is 0.647. The fourth-order valence-electron chi connectivity index (χ4n) is 2.15. The zero-order chi connectivity index (χ0) is 14.4. The molecule has 0 saturated carbocycles. The highest BCUT2D eigenvalue weighted by Crippen LogP contribution is 2.22. The predicted octanol–water partition coefficient (Wildman–Crippen LogP) is 2.36. The van der Waals surface area contributed by atoms with Crippen LogP contribution in [0.2, 0.25) is 0 Å². The van der Waals surface area contributed by atoms with Gasteiger partial charge in [-0.25, -0.2) is 0 Å². The van der Waals surface area contributed by atoms with Crippen molar-refractivity contribution in [2.75, 3.05) is 26.7 Å². The average molecular weight is 277 g/mol. The van der Waals surface area contributed by atoms with Gasteiger partial charge >= 0.3 is 0 Å². The van der Waals surface area contributed by atoms with Gasteiger partial charge in [0.15, 0.2) is 0 Å². The number of nitrogens with one attached hydrogen (secondary N) is 1. The molecule has 0 bridgehead atoms. The lowest BCUT2D eigenvalue weighted by molar-refractivity contribution is 0.183. The smallest absolute Gasteiger partial charge is 0.212 e. The molecular weight excluding hydrogens is 254 g/mol. The van der Waals surface area contributed by atoms with Crippen LogP contribution in [0.15, 0.2) is 29.4 Å². The van der Waals surface area contributed by atoms with Crippen LogP contribution in [0.25, 0.3) is 0 Å². The second-order valence-corrected chi connectivity index (χ2v) is 4.68. The van der Waals surface area contributed by atoms with Crippen molar-refractivity contribution < 1.29 is 9.47 Å². The minimum absolute atomic E-state index is 0.187. The largest absolute Gasteiger partial charge is 0.497 e. The van der Waals surface area contributed by atoms with E-state index in [1.165, 1.54) is 0 Å². The Hall–Kier alpha value is -1.75. The Morgan fingerprint density at radius 3 is 2.55 bits per heavy atom. The van der Waals surface area contributed by atoms with E-state index in [9.17, 15) is 0 Å². The summed E-state index contributed by atoms with van der Waals surface area (Å²) in [5, 5.41) is 4.26. The average Bonchev–Trinajstić information content (AvgIpc) is 2.97. The van der Waals surface area contributed by atoms with Crippen LogP contribution in [-0.2, 0) is 4.74 Å². The van der Waals surface area contributed by atoms with Gasteiger partial charge in [0.25, 0.3) is 0 Å². The number of nitrogens with zero attached hydrogens (tertiary/aromatic N) is 2. The number of rotatable bonds is 7. The zero-order valence-electron chi connectivity index (χ0n) is 12.4. The van der Waals surface area contributed by atoms with Gasteiger partial charge in [-0.1, -0.05) is 13.8 Å². The van der Waals surface area contributed by atoms with Crippen molar-refractivity contribution in [3.05, 3.63) is 29.8 Å². The predicted molar refractivity (Wildman–Crippen MR) is 79.8 cm³/mol. The third-order valence-corrected chi connectivity index (χ3v) is 3.52. The molecule has 5 heteroatoms. The molecule has 1 heterocycles. The van der Waals surface area contributed by atoms with Crippen LogP contribution in [0.4, 0.5) is 0 Å². The Bertz CT molecular complexity index is 441. The van der Waals surface area contributed by atoms with E-state index in [-0.39, 0.29) is 6.23 Å². The summed E-state index contributed by atoms with van der Waals surface area (Å²) in [7, 11) is 1.66. The molecule has 5 nitrogen and oxygen atoms in total. The summed E-state index contributed by atoms with van der Waals surface area (Å²) >= 11 is 0. The minimum Gasteiger partial charge on any atom is -0.497 e. The van der Waals surface area contributed by atoms with Crippen molar-refractivity contribution in [1.29, 1.82) is 0 Å². The van der Waals surface area contributed by atoms with Crippen LogP contribution in [0.3, 0.4) is 0 Å². The molecule has 2 rings (SSSR count). The van der Waals surface area contributed by atoms with E-state index in [1.54, 1.807) is 7.11 Å². The van der Waals surface area contributed by atoms with Crippen molar-refractivity contribution in [3.8, 4) is 5.75 Å². The molecule has 0 radical (unpaired) electrons. The maximum Gasteiger partial charge on any atom is 0.212 e. The van der Waals surface area contributed by atoms with Crippen molar-refractivity contribution in [3.63, 3.8) is 0 Å². The number of benzene rings is 1. The molecule has 1 aromatic carbocycles. The lowest BCUT2D eigenvalue weighted by Gasteiger charge is -2.17. The molecule has 0 saturated heterocycles. The molecule has 1 aliphatic heterocycles. The SMILES string of the molecule is CCN(CC)CCC1=NNC(c2ccc(OC)cc2)O1. The van der Waals surface area contributed by atoms with Crippen molar-refractivity contribution in [1.82, 2.24) is 10.3 Å². The van der Waals surface area contributed by atoms with Crippen molar-refractivity contribution in [2.45, 2.75) is 26.5 Å². The molecule has 0 aromatic heterocycles. The third kappa shape index (κ3) is 3.63. The second-order valence-electron chi connectivity index (χ2n) is 4.68. The van der Waals surface area contributed by atoms with Crippen LogP contribution in [0, 0.1) is 0 Å². The first-order chi connectivity index (χ1) is 9.76. The van der Waals surface area contributed by atoms with Gasteiger partial charge in [0.2, 0.25) is 12.1 Å². The molecule has 0 amide bonds. The summed E-state index contributed by atoms with van der Waals surface area (Å²) in [6.45, 7) is 7.42. The van der Waals surface area contributed by atoms with Gasteiger partial charge in [0.1, 0.15) is 5.75 Å². The Morgan fingerprint density at radius 2 is 1.95 bits per heavy atom. The Kier molecular flexibility index (Phi) is 5.24. The van der Waals surface area contributed by atoms with Gasteiger partial charge in [-0.3, -0.25) is 5.43 Å². The van der Waals surface area contributed by atoms with Crippen LogP contribution < -0.4 is 10.2 Å². The molecule has 1 N–H and O–H groups in total. The zero-order valence-corrected chi connectivity index (χ0v) is 12.4. The number of hydrazone groups is 1. The standard InChI is InChI=1S/C15H23N3O2/c1-4-18(5-2)11-10-14-16-17-15(20-14)12-6-8-13(19-3)9-7-12/h6-9,15,17H,4-5,10-11H2,1-3H3. The maximum atomic E-state index is 5.83. The van der Waals surface area contributed by atoms with E-state index in [1.807, 2.05) is 24.3 Å². The number of ether oxygens (including phenoxy) is 2. The summed E-state index contributed by atoms with van der Waals surface area (Å²) in [5.74, 6) is 1.62. The quantitative estimate of drug-likeness (QED) is 0.831. The van der Waals surface area contributed by atoms with E-state index < -0.39 is 0 Å². The molecular formula is C15H23N3O2. The summed E-state index contributed by atoms with van der Waals surface area (Å²) in [4.78, 5) is 2.35. The normalized spacial score (nSPS) is 17.6. The molecule has 110 valence electrons. The van der Waals surface area contributed by atoms with Gasteiger partial charge in [0.05, 0.1) is 7.11 Å². The lowest BCUT2D eigenvalue weighted by atomic mass is 10.2. The first-order valence-electron chi connectivity index (χ1n) is 7.11. The third-order valence-electron chi connectivity index (χ3n) is 3.52. The number of methoxy groups -OCH3 is 1. The highest BCUT2D eigenvalue weighted by Gasteiger charge is 2.21. The van der Waals surface area contributed by atoms with Crippen LogP contribution >= 0.6 is 0 Å². The van der Waals surface area contributed by atoms with Crippen molar-refractivity contribution in [2.24, 2.45) is 5.10 Å².